The molecule has 60 valence electrons. The van der Waals surface area contributed by atoms with Crippen LogP contribution in [0.25, 0.3) is 0 Å². The van der Waals surface area contributed by atoms with E-state index < -0.39 is 0 Å². The Kier molecular flexibility index (Phi) is 2.33. The summed E-state index contributed by atoms with van der Waals surface area (Å²) >= 11 is 0. The van der Waals surface area contributed by atoms with E-state index in [-0.39, 0.29) is 6.04 Å². The average Bonchev–Trinajstić information content (AvgIpc) is 2.50. The molecule has 11 heavy (non-hydrogen) atoms. The van der Waals surface area contributed by atoms with Gasteiger partial charge in [-0.1, -0.05) is 6.08 Å². The molecule has 2 N–H and O–H groups in total. The molecule has 1 rings (SSSR count). The first-order chi connectivity index (χ1) is 5.29. The van der Waals surface area contributed by atoms with Crippen LogP contribution in [0, 0.1) is 0 Å². The minimum atomic E-state index is -0.219. The van der Waals surface area contributed by atoms with Crippen LogP contribution in [0.2, 0.25) is 0 Å². The Morgan fingerprint density at radius 2 is 2.45 bits per heavy atom. The predicted molar refractivity (Wildman–Crippen MR) is 42.4 cm³/mol. The summed E-state index contributed by atoms with van der Waals surface area (Å²) in [5.74, 6) is 0.664. The van der Waals surface area contributed by atoms with Crippen LogP contribution < -0.4 is 10.5 Å². The first-order valence-electron chi connectivity index (χ1n) is 3.27. The fourth-order valence-corrected chi connectivity index (χ4v) is 0.831. The van der Waals surface area contributed by atoms with E-state index in [4.69, 9.17) is 14.9 Å². The summed E-state index contributed by atoms with van der Waals surface area (Å²) in [5.41, 5.74) is 6.48. The Bertz CT molecular complexity index is 242. The van der Waals surface area contributed by atoms with Crippen molar-refractivity contribution in [1.82, 2.24) is 0 Å². The van der Waals surface area contributed by atoms with Gasteiger partial charge in [0.15, 0.2) is 5.75 Å². The molecule has 0 fully saturated rings. The zero-order valence-corrected chi connectivity index (χ0v) is 6.41. The van der Waals surface area contributed by atoms with Gasteiger partial charge in [0.05, 0.1) is 25.0 Å². The molecule has 0 aromatic carbocycles. The molecule has 0 aliphatic rings. The van der Waals surface area contributed by atoms with E-state index in [1.54, 1.807) is 19.4 Å². The zero-order valence-electron chi connectivity index (χ0n) is 6.41. The van der Waals surface area contributed by atoms with E-state index in [0.29, 0.717) is 5.75 Å². The monoisotopic (exact) mass is 153 g/mol. The Morgan fingerprint density at radius 1 is 1.73 bits per heavy atom. The number of hydrogen-bond donors (Lipinski definition) is 1. The molecule has 1 aromatic rings. The Balaban J connectivity index is 2.91. The molecule has 0 radical (unpaired) electrons. The van der Waals surface area contributed by atoms with Crippen LogP contribution in [-0.2, 0) is 0 Å². The summed E-state index contributed by atoms with van der Waals surface area (Å²) in [4.78, 5) is 0. The zero-order chi connectivity index (χ0) is 8.27. The number of hydrogen-bond acceptors (Lipinski definition) is 3. The van der Waals surface area contributed by atoms with Gasteiger partial charge in [0.25, 0.3) is 0 Å². The number of rotatable bonds is 3. The average molecular weight is 153 g/mol. The van der Waals surface area contributed by atoms with E-state index in [1.165, 1.54) is 6.26 Å². The minimum absolute atomic E-state index is 0.219. The van der Waals surface area contributed by atoms with Crippen LogP contribution in [0.3, 0.4) is 0 Å². The molecule has 3 heteroatoms. The lowest BCUT2D eigenvalue weighted by Crippen LogP contribution is -2.06. The first-order valence-corrected chi connectivity index (χ1v) is 3.27. The lowest BCUT2D eigenvalue weighted by atomic mass is 10.1. The van der Waals surface area contributed by atoms with Gasteiger partial charge in [-0.2, -0.15) is 0 Å². The van der Waals surface area contributed by atoms with Crippen molar-refractivity contribution >= 4 is 0 Å². The number of methoxy groups -OCH3 is 1. The Hall–Kier alpha value is -1.22. The van der Waals surface area contributed by atoms with Gasteiger partial charge in [0.1, 0.15) is 6.26 Å². The highest BCUT2D eigenvalue weighted by Crippen LogP contribution is 2.24. The lowest BCUT2D eigenvalue weighted by Gasteiger charge is -2.04. The molecule has 0 amide bonds. The van der Waals surface area contributed by atoms with Gasteiger partial charge in [-0.3, -0.25) is 0 Å². The summed E-state index contributed by atoms with van der Waals surface area (Å²) in [6.45, 7) is 3.57. The van der Waals surface area contributed by atoms with Crippen LogP contribution in [0.1, 0.15) is 11.6 Å². The molecule has 1 atom stereocenters. The molecule has 3 nitrogen and oxygen atoms in total. The number of nitrogens with two attached hydrogens (primary N) is 1. The summed E-state index contributed by atoms with van der Waals surface area (Å²) in [6, 6.07) is -0.219. The third-order valence-corrected chi connectivity index (χ3v) is 1.49. The van der Waals surface area contributed by atoms with E-state index in [9.17, 15) is 0 Å². The molecule has 0 spiro atoms. The van der Waals surface area contributed by atoms with Crippen LogP contribution in [0.5, 0.6) is 5.75 Å². The van der Waals surface area contributed by atoms with Crippen LogP contribution >= 0.6 is 0 Å². The second-order valence-electron chi connectivity index (χ2n) is 2.16. The second-order valence-corrected chi connectivity index (χ2v) is 2.16. The number of ether oxygens (including phenoxy) is 1. The third-order valence-electron chi connectivity index (χ3n) is 1.49. The molecule has 0 bridgehead atoms. The van der Waals surface area contributed by atoms with Crippen molar-refractivity contribution in [3.05, 3.63) is 30.7 Å². The Morgan fingerprint density at radius 3 is 3.00 bits per heavy atom. The van der Waals surface area contributed by atoms with E-state index >= 15 is 0 Å². The highest BCUT2D eigenvalue weighted by atomic mass is 16.5. The standard InChI is InChI=1S/C8H11NO2/c1-3-7(9)6-4-11-5-8(6)10-2/h3-5,7H,1,9H2,2H3/t7-/m0/s1. The Labute approximate surface area is 65.4 Å². The summed E-state index contributed by atoms with van der Waals surface area (Å²) in [6.07, 6.45) is 4.71. The molecule has 0 aliphatic carbocycles. The van der Waals surface area contributed by atoms with Crippen LogP contribution in [0.15, 0.2) is 29.6 Å². The maximum atomic E-state index is 5.66. The summed E-state index contributed by atoms with van der Waals surface area (Å²) in [7, 11) is 1.57. The largest absolute Gasteiger partial charge is 0.493 e. The topological polar surface area (TPSA) is 48.4 Å². The van der Waals surface area contributed by atoms with Crippen molar-refractivity contribution in [1.29, 1.82) is 0 Å². The summed E-state index contributed by atoms with van der Waals surface area (Å²) in [5, 5.41) is 0. The molecule has 0 aliphatic heterocycles. The van der Waals surface area contributed by atoms with Gasteiger partial charge >= 0.3 is 0 Å². The van der Waals surface area contributed by atoms with Gasteiger partial charge in [-0.25, -0.2) is 0 Å². The quantitative estimate of drug-likeness (QED) is 0.669. The normalized spacial score (nSPS) is 12.5. The van der Waals surface area contributed by atoms with E-state index in [1.807, 2.05) is 0 Å². The van der Waals surface area contributed by atoms with Crippen LogP contribution in [0.4, 0.5) is 0 Å². The number of furan rings is 1. The lowest BCUT2D eigenvalue weighted by molar-refractivity contribution is 0.402. The van der Waals surface area contributed by atoms with Gasteiger partial charge in [0, 0.05) is 0 Å². The highest BCUT2D eigenvalue weighted by Gasteiger charge is 2.10. The van der Waals surface area contributed by atoms with Gasteiger partial charge in [-0.15, -0.1) is 6.58 Å². The van der Waals surface area contributed by atoms with Crippen molar-refractivity contribution in [2.45, 2.75) is 6.04 Å². The molecular weight excluding hydrogens is 142 g/mol. The molecule has 0 saturated heterocycles. The molecule has 1 aromatic heterocycles. The van der Waals surface area contributed by atoms with Gasteiger partial charge in [0.2, 0.25) is 0 Å². The molecule has 0 unspecified atom stereocenters. The smallest absolute Gasteiger partial charge is 0.162 e. The van der Waals surface area contributed by atoms with E-state index in [2.05, 4.69) is 6.58 Å². The van der Waals surface area contributed by atoms with Gasteiger partial charge in [-0.05, 0) is 0 Å². The first kappa shape index (κ1) is 7.88. The van der Waals surface area contributed by atoms with Crippen molar-refractivity contribution in [3.63, 3.8) is 0 Å². The second kappa shape index (κ2) is 3.25. The summed E-state index contributed by atoms with van der Waals surface area (Å²) < 4.78 is 9.89. The van der Waals surface area contributed by atoms with Crippen molar-refractivity contribution in [3.8, 4) is 5.75 Å². The van der Waals surface area contributed by atoms with Gasteiger partial charge < -0.3 is 14.9 Å². The van der Waals surface area contributed by atoms with E-state index in [0.717, 1.165) is 5.56 Å². The molecule has 1 heterocycles. The van der Waals surface area contributed by atoms with Crippen molar-refractivity contribution < 1.29 is 9.15 Å². The maximum Gasteiger partial charge on any atom is 0.162 e. The van der Waals surface area contributed by atoms with Crippen molar-refractivity contribution in [2.24, 2.45) is 5.73 Å². The predicted octanol–water partition coefficient (Wildman–Crippen LogP) is 1.47. The third kappa shape index (κ3) is 1.43. The fourth-order valence-electron chi connectivity index (χ4n) is 0.831. The maximum absolute atomic E-state index is 5.66. The SMILES string of the molecule is C=C[C@H](N)c1cocc1OC. The minimum Gasteiger partial charge on any atom is -0.493 e. The molecule has 0 saturated carbocycles. The van der Waals surface area contributed by atoms with Crippen molar-refractivity contribution in [2.75, 3.05) is 7.11 Å². The fraction of sp³-hybridized carbons (Fsp3) is 0.250. The highest BCUT2D eigenvalue weighted by molar-refractivity contribution is 5.32. The van der Waals surface area contributed by atoms with Crippen LogP contribution in [-0.4, -0.2) is 7.11 Å². The molecular formula is C8H11NO2.